The minimum Gasteiger partial charge on any atom is -0.283 e. The molecule has 12 heavy (non-hydrogen) atoms. The lowest BCUT2D eigenvalue weighted by Gasteiger charge is -1.82. The highest BCUT2D eigenvalue weighted by Gasteiger charge is 1.96. The van der Waals surface area contributed by atoms with Crippen LogP contribution in [0.4, 0.5) is 0 Å². The van der Waals surface area contributed by atoms with Crippen LogP contribution in [0, 0.1) is 0 Å². The van der Waals surface area contributed by atoms with Crippen molar-refractivity contribution in [1.29, 1.82) is 0 Å². The third-order valence-electron chi connectivity index (χ3n) is 0.116. The van der Waals surface area contributed by atoms with Crippen LogP contribution in [0.3, 0.4) is 0 Å². The molecule has 0 aromatic heterocycles. The minimum absolute atomic E-state index is 2.65. The molecule has 0 atom stereocenters. The van der Waals surface area contributed by atoms with Gasteiger partial charge in [-0.2, -0.15) is 16.8 Å². The lowest BCUT2D eigenvalue weighted by molar-refractivity contribution is 0.380. The van der Waals surface area contributed by atoms with Gasteiger partial charge in [-0.15, -0.1) is 3.63 Å². The van der Waals surface area contributed by atoms with Crippen molar-refractivity contribution >= 4 is 33.1 Å². The molecular formula is H4O9S3. The van der Waals surface area contributed by atoms with Crippen molar-refractivity contribution in [3.63, 3.8) is 0 Å². The molecule has 12 heteroatoms. The maximum Gasteiger partial charge on any atom is 0.394 e. The maximum absolute atomic E-state index is 9.35. The highest BCUT2D eigenvalue weighted by atomic mass is 32.3. The van der Waals surface area contributed by atoms with Crippen LogP contribution < -0.4 is 0 Å². The fraction of sp³-hybridized carbons (Fsp3) is 0. The molecule has 9 nitrogen and oxygen atoms in total. The monoisotopic (exact) mass is 244 g/mol. The Morgan fingerprint density at radius 3 is 1.17 bits per heavy atom. The predicted molar refractivity (Wildman–Crippen MR) is 36.8 cm³/mol. The molecule has 76 valence electrons. The fourth-order valence-electron chi connectivity index (χ4n) is 0.0498. The van der Waals surface area contributed by atoms with E-state index in [-0.39, 0.29) is 0 Å². The molecule has 0 heterocycles. The van der Waals surface area contributed by atoms with Gasteiger partial charge in [0.05, 0.1) is 0 Å². The molecule has 0 aliphatic rings. The van der Waals surface area contributed by atoms with Gasteiger partial charge in [0.2, 0.25) is 0 Å². The lowest BCUT2D eigenvalue weighted by atomic mass is 15.8. The number of rotatable bonds is 2. The molecule has 0 unspecified atom stereocenters. The minimum atomic E-state index is -4.67. The zero-order valence-electron chi connectivity index (χ0n) is 5.05. The zero-order chi connectivity index (χ0) is 10.4. The quantitative estimate of drug-likeness (QED) is 0.339. The van der Waals surface area contributed by atoms with Crippen LogP contribution in [-0.4, -0.2) is 35.0 Å². The summed E-state index contributed by atoms with van der Waals surface area (Å²) in [7, 11) is -4.67. The predicted octanol–water partition coefficient (Wildman–Crippen LogP) is -1.38. The summed E-state index contributed by atoms with van der Waals surface area (Å²) in [4.78, 5) is 0. The van der Waals surface area contributed by atoms with E-state index in [0.29, 0.717) is 0 Å². The van der Waals surface area contributed by atoms with E-state index in [1.807, 2.05) is 0 Å². The normalized spacial score (nSPS) is 15.7. The summed E-state index contributed by atoms with van der Waals surface area (Å²) in [5, 5.41) is 0. The van der Waals surface area contributed by atoms with Crippen molar-refractivity contribution in [3.8, 4) is 0 Å². The van der Waals surface area contributed by atoms with Gasteiger partial charge in [0, 0.05) is 0 Å². The smallest absolute Gasteiger partial charge is 0.283 e. The third-order valence-corrected chi connectivity index (χ3v) is 1.05. The molecule has 0 saturated heterocycles. The van der Waals surface area contributed by atoms with E-state index >= 15 is 0 Å². The van der Waals surface area contributed by atoms with Gasteiger partial charge in [-0.05, 0) is 0 Å². The molecule has 4 N–H and O–H groups in total. The Kier molecular flexibility index (Phi) is 7.96. The molecule has 0 aliphatic heterocycles. The van der Waals surface area contributed by atoms with Crippen LogP contribution in [0.2, 0.25) is 0 Å². The van der Waals surface area contributed by atoms with Gasteiger partial charge < -0.3 is 0 Å². The SMILES string of the molecule is O=S(=O)(O)O.O=S(O)OS(=O)O. The largest absolute Gasteiger partial charge is 0.394 e. The first-order chi connectivity index (χ1) is 5.13. The van der Waals surface area contributed by atoms with Gasteiger partial charge >= 0.3 is 33.1 Å². The van der Waals surface area contributed by atoms with Gasteiger partial charge in [0.15, 0.2) is 0 Å². The van der Waals surface area contributed by atoms with Gasteiger partial charge in [-0.1, -0.05) is 0 Å². The summed E-state index contributed by atoms with van der Waals surface area (Å²) in [6, 6.07) is 0. The highest BCUT2D eigenvalue weighted by Crippen LogP contribution is 1.79. The second-order valence-corrected chi connectivity index (χ2v) is 3.26. The molecule has 0 spiro atoms. The second-order valence-electron chi connectivity index (χ2n) is 0.950. The molecule has 0 radical (unpaired) electrons. The molecule has 0 aromatic carbocycles. The van der Waals surface area contributed by atoms with Gasteiger partial charge in [-0.25, -0.2) is 0 Å². The maximum atomic E-state index is 9.35. The molecule has 0 saturated carbocycles. The summed E-state index contributed by atoms with van der Waals surface area (Å²) in [5.74, 6) is 0. The Bertz CT molecular complexity index is 225. The van der Waals surface area contributed by atoms with Gasteiger partial charge in [-0.3, -0.25) is 18.2 Å². The Balaban J connectivity index is 0. The number of hydrogen-bond donors (Lipinski definition) is 4. The Morgan fingerprint density at radius 2 is 1.17 bits per heavy atom. The average molecular weight is 244 g/mol. The zero-order valence-corrected chi connectivity index (χ0v) is 7.50. The van der Waals surface area contributed by atoms with Crippen molar-refractivity contribution < 1.29 is 38.7 Å². The Labute approximate surface area is 72.3 Å². The summed E-state index contributed by atoms with van der Waals surface area (Å²) >= 11 is -5.29. The van der Waals surface area contributed by atoms with Crippen LogP contribution in [0.15, 0.2) is 0 Å². The van der Waals surface area contributed by atoms with E-state index in [2.05, 4.69) is 3.63 Å². The van der Waals surface area contributed by atoms with Gasteiger partial charge in [0.25, 0.3) is 0 Å². The fourth-order valence-corrected chi connectivity index (χ4v) is 0.448. The molecular weight excluding hydrogens is 240 g/mol. The summed E-state index contributed by atoms with van der Waals surface area (Å²) < 4.78 is 68.8. The average Bonchev–Trinajstić information content (AvgIpc) is 1.52. The standard InChI is InChI=1S/H2O5S2.H2O4S/c1-6(2)5-7(3)4;1-5(2,3)4/h(H,1,2)(H,3,4);(H2,1,2,3,4). The first kappa shape index (κ1) is 14.6. The van der Waals surface area contributed by atoms with E-state index in [0.717, 1.165) is 0 Å². The van der Waals surface area contributed by atoms with Crippen molar-refractivity contribution in [2.24, 2.45) is 0 Å². The first-order valence-electron chi connectivity index (χ1n) is 1.73. The van der Waals surface area contributed by atoms with Crippen molar-refractivity contribution in [2.45, 2.75) is 0 Å². The second kappa shape index (κ2) is 6.55. The molecule has 0 aliphatic carbocycles. The van der Waals surface area contributed by atoms with E-state index in [4.69, 9.17) is 26.6 Å². The Hall–Kier alpha value is 0.0500. The van der Waals surface area contributed by atoms with Crippen molar-refractivity contribution in [2.75, 3.05) is 0 Å². The van der Waals surface area contributed by atoms with Crippen LogP contribution in [-0.2, 0) is 36.8 Å². The molecule has 0 rings (SSSR count). The molecule has 0 fully saturated rings. The van der Waals surface area contributed by atoms with Crippen molar-refractivity contribution in [1.82, 2.24) is 0 Å². The van der Waals surface area contributed by atoms with Crippen LogP contribution >= 0.6 is 0 Å². The third kappa shape index (κ3) is 50.2. The lowest BCUT2D eigenvalue weighted by Crippen LogP contribution is -1.96. The van der Waals surface area contributed by atoms with E-state index < -0.39 is 33.1 Å². The molecule has 0 bridgehead atoms. The Morgan fingerprint density at radius 1 is 1.00 bits per heavy atom. The van der Waals surface area contributed by atoms with Gasteiger partial charge in [0.1, 0.15) is 0 Å². The van der Waals surface area contributed by atoms with E-state index in [9.17, 15) is 8.42 Å². The van der Waals surface area contributed by atoms with E-state index in [1.165, 1.54) is 0 Å². The summed E-state index contributed by atoms with van der Waals surface area (Å²) in [6.45, 7) is 0. The van der Waals surface area contributed by atoms with Crippen LogP contribution in [0.1, 0.15) is 0 Å². The summed E-state index contributed by atoms with van der Waals surface area (Å²) in [6.07, 6.45) is 0. The molecule has 0 aromatic rings. The number of hydrogen-bond acceptors (Lipinski definition) is 5. The molecule has 0 amide bonds. The van der Waals surface area contributed by atoms with E-state index in [1.54, 1.807) is 0 Å². The van der Waals surface area contributed by atoms with Crippen LogP contribution in [0.5, 0.6) is 0 Å². The van der Waals surface area contributed by atoms with Crippen LogP contribution in [0.25, 0.3) is 0 Å². The van der Waals surface area contributed by atoms with Crippen molar-refractivity contribution in [3.05, 3.63) is 0 Å². The first-order valence-corrected chi connectivity index (χ1v) is 5.19. The highest BCUT2D eigenvalue weighted by molar-refractivity contribution is 7.87. The topological polar surface area (TPSA) is 158 Å². The summed E-state index contributed by atoms with van der Waals surface area (Å²) in [5.41, 5.74) is 0.